The maximum atomic E-state index is 13.7. The number of non-ortho nitro benzene ring substituents is 1. The average molecular weight is 562 g/mol. The number of nitro benzene ring substituents is 1. The van der Waals surface area contributed by atoms with E-state index in [2.05, 4.69) is 5.10 Å². The summed E-state index contributed by atoms with van der Waals surface area (Å²) in [5.41, 5.74) is 1.01. The van der Waals surface area contributed by atoms with Crippen molar-refractivity contribution < 1.29 is 27.7 Å². The zero-order valence-corrected chi connectivity index (χ0v) is 21.7. The van der Waals surface area contributed by atoms with Crippen LogP contribution in [0.25, 0.3) is 0 Å². The molecule has 0 spiro atoms. The molecule has 204 valence electrons. The summed E-state index contributed by atoms with van der Waals surface area (Å²) in [5.74, 6) is -0.900. The molecular formula is C26H23ClF3N5O4. The quantitative estimate of drug-likeness (QED) is 0.319. The van der Waals surface area contributed by atoms with Gasteiger partial charge in [0.2, 0.25) is 0 Å². The van der Waals surface area contributed by atoms with Crippen LogP contribution in [-0.4, -0.2) is 48.9 Å². The Morgan fingerprint density at radius 2 is 1.87 bits per heavy atom. The maximum absolute atomic E-state index is 13.7. The van der Waals surface area contributed by atoms with Gasteiger partial charge in [0.25, 0.3) is 17.5 Å². The summed E-state index contributed by atoms with van der Waals surface area (Å²) in [6.45, 7) is 4.41. The minimum atomic E-state index is -4.71. The normalized spacial score (nSPS) is 18.0. The van der Waals surface area contributed by atoms with Crippen molar-refractivity contribution in [2.75, 3.05) is 6.54 Å². The van der Waals surface area contributed by atoms with E-state index in [-0.39, 0.29) is 35.8 Å². The standard InChI is InChI=1S/C26H23ClF3N5O4/c1-14-11-22-19(13-33(14)24(36)17-5-8-21(27)20(12-17)26(28,29)30)23-25(37)32(9-10-34(23)31-22)15(2)16-3-6-18(7-4-16)35(38)39/h3-8,12,14-15H,9-11,13H2,1-2H3/t14-,15?/m1/s1. The van der Waals surface area contributed by atoms with Crippen LogP contribution in [0.15, 0.2) is 42.5 Å². The van der Waals surface area contributed by atoms with Crippen LogP contribution < -0.4 is 0 Å². The first-order chi connectivity index (χ1) is 18.4. The molecule has 5 rings (SSSR count). The lowest BCUT2D eigenvalue weighted by Gasteiger charge is -2.35. The van der Waals surface area contributed by atoms with Crippen LogP contribution in [0.2, 0.25) is 5.02 Å². The molecule has 2 aromatic carbocycles. The lowest BCUT2D eigenvalue weighted by atomic mass is 9.97. The van der Waals surface area contributed by atoms with Gasteiger partial charge in [0.05, 0.1) is 40.3 Å². The fraction of sp³-hybridized carbons (Fsp3) is 0.346. The topological polar surface area (TPSA) is 102 Å². The summed E-state index contributed by atoms with van der Waals surface area (Å²) in [6.07, 6.45) is -4.37. The summed E-state index contributed by atoms with van der Waals surface area (Å²) in [7, 11) is 0. The van der Waals surface area contributed by atoms with E-state index in [4.69, 9.17) is 11.6 Å². The zero-order valence-electron chi connectivity index (χ0n) is 20.9. The summed E-state index contributed by atoms with van der Waals surface area (Å²) in [5, 5.41) is 15.1. The maximum Gasteiger partial charge on any atom is 0.417 e. The van der Waals surface area contributed by atoms with Crippen LogP contribution in [-0.2, 0) is 25.7 Å². The number of nitrogens with zero attached hydrogens (tertiary/aromatic N) is 5. The molecule has 2 atom stereocenters. The SMILES string of the molecule is CC(c1ccc([N+](=O)[O-])cc1)N1CCn2nc3c(c2C1=O)CN(C(=O)c1ccc(Cl)c(C(F)(F)F)c1)[C@H](C)C3. The highest BCUT2D eigenvalue weighted by Gasteiger charge is 2.39. The molecule has 3 heterocycles. The Bertz CT molecular complexity index is 1490. The van der Waals surface area contributed by atoms with Crippen LogP contribution in [0.3, 0.4) is 0 Å². The van der Waals surface area contributed by atoms with Crippen LogP contribution in [0.1, 0.15) is 63.1 Å². The van der Waals surface area contributed by atoms with Crippen molar-refractivity contribution in [2.45, 2.75) is 51.6 Å². The van der Waals surface area contributed by atoms with Crippen LogP contribution in [0.5, 0.6) is 0 Å². The highest BCUT2D eigenvalue weighted by molar-refractivity contribution is 6.31. The Morgan fingerprint density at radius 1 is 1.18 bits per heavy atom. The van der Waals surface area contributed by atoms with E-state index in [9.17, 15) is 32.9 Å². The third-order valence-corrected chi connectivity index (χ3v) is 7.66. The minimum absolute atomic E-state index is 0.0140. The molecule has 0 aliphatic carbocycles. The second kappa shape index (κ2) is 9.67. The largest absolute Gasteiger partial charge is 0.417 e. The molecule has 0 saturated heterocycles. The molecule has 0 bridgehead atoms. The number of carbonyl (C=O) groups excluding carboxylic acids is 2. The van der Waals surface area contributed by atoms with Crippen molar-refractivity contribution in [3.8, 4) is 0 Å². The number of aromatic nitrogens is 2. The van der Waals surface area contributed by atoms with Crippen molar-refractivity contribution in [3.63, 3.8) is 0 Å². The van der Waals surface area contributed by atoms with E-state index in [0.29, 0.717) is 36.5 Å². The van der Waals surface area contributed by atoms with Gasteiger partial charge >= 0.3 is 6.18 Å². The van der Waals surface area contributed by atoms with Crippen LogP contribution in [0.4, 0.5) is 18.9 Å². The number of halogens is 4. The van der Waals surface area contributed by atoms with Gasteiger partial charge in [-0.1, -0.05) is 23.7 Å². The first-order valence-electron chi connectivity index (χ1n) is 12.2. The van der Waals surface area contributed by atoms with E-state index < -0.39 is 27.6 Å². The predicted octanol–water partition coefficient (Wildman–Crippen LogP) is 5.27. The molecule has 1 unspecified atom stereocenters. The van der Waals surface area contributed by atoms with Gasteiger partial charge in [-0.25, -0.2) is 0 Å². The Labute approximate surface area is 225 Å². The van der Waals surface area contributed by atoms with Gasteiger partial charge in [0, 0.05) is 42.3 Å². The van der Waals surface area contributed by atoms with E-state index in [1.165, 1.54) is 23.1 Å². The molecule has 9 nitrogen and oxygen atoms in total. The van der Waals surface area contributed by atoms with Crippen LogP contribution in [0, 0.1) is 10.1 Å². The molecule has 0 N–H and O–H groups in total. The minimum Gasteiger partial charge on any atom is -0.331 e. The number of carbonyl (C=O) groups is 2. The van der Waals surface area contributed by atoms with E-state index in [0.717, 1.165) is 17.7 Å². The number of nitro groups is 1. The number of amides is 2. The number of hydrogen-bond donors (Lipinski definition) is 0. The van der Waals surface area contributed by atoms with Gasteiger partial charge in [0.1, 0.15) is 5.69 Å². The molecule has 3 aromatic rings. The first kappa shape index (κ1) is 26.7. The fourth-order valence-corrected chi connectivity index (χ4v) is 5.40. The van der Waals surface area contributed by atoms with Crippen molar-refractivity contribution in [1.82, 2.24) is 19.6 Å². The van der Waals surface area contributed by atoms with Gasteiger partial charge in [-0.3, -0.25) is 24.4 Å². The van der Waals surface area contributed by atoms with E-state index in [1.54, 1.807) is 28.6 Å². The Hall–Kier alpha value is -3.93. The lowest BCUT2D eigenvalue weighted by molar-refractivity contribution is -0.384. The Balaban J connectivity index is 1.43. The first-order valence-corrected chi connectivity index (χ1v) is 12.6. The van der Waals surface area contributed by atoms with Crippen molar-refractivity contribution >= 4 is 29.1 Å². The monoisotopic (exact) mass is 561 g/mol. The molecule has 39 heavy (non-hydrogen) atoms. The molecule has 0 fully saturated rings. The number of rotatable bonds is 4. The fourth-order valence-electron chi connectivity index (χ4n) is 5.17. The van der Waals surface area contributed by atoms with E-state index >= 15 is 0 Å². The summed E-state index contributed by atoms with van der Waals surface area (Å²) in [6, 6.07) is 8.32. The van der Waals surface area contributed by atoms with E-state index in [1.807, 2.05) is 6.92 Å². The predicted molar refractivity (Wildman–Crippen MR) is 134 cm³/mol. The summed E-state index contributed by atoms with van der Waals surface area (Å²) < 4.78 is 41.8. The molecule has 2 aliphatic heterocycles. The van der Waals surface area contributed by atoms with Crippen molar-refractivity contribution in [3.05, 3.63) is 91.2 Å². The lowest BCUT2D eigenvalue weighted by Crippen LogP contribution is -2.44. The van der Waals surface area contributed by atoms with Gasteiger partial charge in [0.15, 0.2) is 0 Å². The zero-order chi connectivity index (χ0) is 28.2. The van der Waals surface area contributed by atoms with Gasteiger partial charge in [-0.2, -0.15) is 18.3 Å². The van der Waals surface area contributed by atoms with Crippen LogP contribution >= 0.6 is 11.6 Å². The Kier molecular flexibility index (Phi) is 6.61. The number of fused-ring (bicyclic) bond motifs is 3. The van der Waals surface area contributed by atoms with Crippen molar-refractivity contribution in [2.24, 2.45) is 0 Å². The smallest absolute Gasteiger partial charge is 0.331 e. The number of hydrogen-bond acceptors (Lipinski definition) is 5. The van der Waals surface area contributed by atoms with Gasteiger partial charge in [-0.15, -0.1) is 0 Å². The third kappa shape index (κ3) is 4.73. The molecule has 13 heteroatoms. The summed E-state index contributed by atoms with van der Waals surface area (Å²) >= 11 is 5.72. The van der Waals surface area contributed by atoms with Gasteiger partial charge in [-0.05, 0) is 37.6 Å². The molecular weight excluding hydrogens is 539 g/mol. The third-order valence-electron chi connectivity index (χ3n) is 7.33. The Morgan fingerprint density at radius 3 is 2.51 bits per heavy atom. The number of alkyl halides is 3. The van der Waals surface area contributed by atoms with Crippen molar-refractivity contribution in [1.29, 1.82) is 0 Å². The molecule has 0 radical (unpaired) electrons. The second-order valence-corrected chi connectivity index (χ2v) is 10.1. The molecule has 0 saturated carbocycles. The molecule has 1 aromatic heterocycles. The highest BCUT2D eigenvalue weighted by Crippen LogP contribution is 2.37. The highest BCUT2D eigenvalue weighted by atomic mass is 35.5. The summed E-state index contributed by atoms with van der Waals surface area (Å²) in [4.78, 5) is 40.6. The van der Waals surface area contributed by atoms with Gasteiger partial charge < -0.3 is 9.80 Å². The molecule has 2 amide bonds. The average Bonchev–Trinajstić information content (AvgIpc) is 3.25. The molecule has 2 aliphatic rings. The number of benzene rings is 2. The second-order valence-electron chi connectivity index (χ2n) is 9.70.